The fourth-order valence-corrected chi connectivity index (χ4v) is 2.56. The van der Waals surface area contributed by atoms with E-state index in [0.29, 0.717) is 17.0 Å². The van der Waals surface area contributed by atoms with Gasteiger partial charge in [0.2, 0.25) is 0 Å². The summed E-state index contributed by atoms with van der Waals surface area (Å²) in [6.07, 6.45) is 0. The Labute approximate surface area is 167 Å². The predicted octanol–water partition coefficient (Wildman–Crippen LogP) is 4.53. The van der Waals surface area contributed by atoms with E-state index in [1.807, 2.05) is 45.0 Å². The molecule has 2 aromatic rings. The number of carbonyl (C=O) groups excluding carboxylic acids is 2. The van der Waals surface area contributed by atoms with Gasteiger partial charge in [-0.2, -0.15) is 0 Å². The maximum atomic E-state index is 12.4. The smallest absolute Gasteiger partial charge is 0.258 e. The minimum atomic E-state index is -0.292. The van der Waals surface area contributed by atoms with Crippen molar-refractivity contribution in [1.29, 1.82) is 0 Å². The number of hydrogen-bond acceptors (Lipinski definition) is 3. The van der Waals surface area contributed by atoms with Gasteiger partial charge in [-0.1, -0.05) is 32.9 Å². The SMILES string of the molecule is CC(C)(C)NC(=O)COc1ccc(NC(=O)c2ccc(C(C)(C)C)cc2)cc1. The first-order valence-electron chi connectivity index (χ1n) is 9.40. The van der Waals surface area contributed by atoms with Gasteiger partial charge >= 0.3 is 0 Å². The van der Waals surface area contributed by atoms with Crippen LogP contribution >= 0.6 is 0 Å². The lowest BCUT2D eigenvalue weighted by molar-refractivity contribution is -0.124. The van der Waals surface area contributed by atoms with Crippen LogP contribution in [-0.4, -0.2) is 24.0 Å². The molecule has 28 heavy (non-hydrogen) atoms. The maximum absolute atomic E-state index is 12.4. The summed E-state index contributed by atoms with van der Waals surface area (Å²) < 4.78 is 5.48. The molecule has 0 unspecified atom stereocenters. The van der Waals surface area contributed by atoms with Crippen molar-refractivity contribution in [3.8, 4) is 5.75 Å². The quantitative estimate of drug-likeness (QED) is 0.798. The van der Waals surface area contributed by atoms with E-state index in [0.717, 1.165) is 0 Å². The number of rotatable bonds is 5. The van der Waals surface area contributed by atoms with Crippen LogP contribution in [0.3, 0.4) is 0 Å². The normalized spacial score (nSPS) is 11.6. The van der Waals surface area contributed by atoms with Crippen LogP contribution in [0.5, 0.6) is 5.75 Å². The molecule has 0 aliphatic carbocycles. The number of anilines is 1. The summed E-state index contributed by atoms with van der Waals surface area (Å²) >= 11 is 0. The first-order valence-corrected chi connectivity index (χ1v) is 9.40. The van der Waals surface area contributed by atoms with Gasteiger partial charge in [0, 0.05) is 16.8 Å². The van der Waals surface area contributed by atoms with Crippen LogP contribution in [-0.2, 0) is 10.2 Å². The third-order valence-electron chi connectivity index (χ3n) is 4.01. The van der Waals surface area contributed by atoms with Gasteiger partial charge in [0.05, 0.1) is 0 Å². The molecule has 0 atom stereocenters. The Bertz CT molecular complexity index is 811. The van der Waals surface area contributed by atoms with Gasteiger partial charge in [-0.25, -0.2) is 0 Å². The first kappa shape index (κ1) is 21.5. The second kappa shape index (κ2) is 8.46. The van der Waals surface area contributed by atoms with Crippen molar-refractivity contribution in [2.24, 2.45) is 0 Å². The van der Waals surface area contributed by atoms with Crippen molar-refractivity contribution >= 4 is 17.5 Å². The van der Waals surface area contributed by atoms with Gasteiger partial charge in [-0.15, -0.1) is 0 Å². The van der Waals surface area contributed by atoms with Crippen molar-refractivity contribution in [3.63, 3.8) is 0 Å². The predicted molar refractivity (Wildman–Crippen MR) is 113 cm³/mol. The fourth-order valence-electron chi connectivity index (χ4n) is 2.56. The molecule has 0 bridgehead atoms. The van der Waals surface area contributed by atoms with E-state index in [1.54, 1.807) is 24.3 Å². The molecule has 0 radical (unpaired) electrons. The van der Waals surface area contributed by atoms with Crippen LogP contribution < -0.4 is 15.4 Å². The Morgan fingerprint density at radius 2 is 1.43 bits per heavy atom. The van der Waals surface area contributed by atoms with E-state index >= 15 is 0 Å². The van der Waals surface area contributed by atoms with E-state index in [2.05, 4.69) is 31.4 Å². The summed E-state index contributed by atoms with van der Waals surface area (Å²) in [7, 11) is 0. The number of hydrogen-bond donors (Lipinski definition) is 2. The molecule has 2 rings (SSSR count). The third-order valence-corrected chi connectivity index (χ3v) is 4.01. The van der Waals surface area contributed by atoms with E-state index in [1.165, 1.54) is 5.56 Å². The summed E-state index contributed by atoms with van der Waals surface area (Å²) in [5.74, 6) is 0.221. The second-order valence-electron chi connectivity index (χ2n) is 8.89. The van der Waals surface area contributed by atoms with E-state index in [4.69, 9.17) is 4.74 Å². The average Bonchev–Trinajstić information content (AvgIpc) is 2.59. The van der Waals surface area contributed by atoms with Gasteiger partial charge in [0.15, 0.2) is 6.61 Å². The van der Waals surface area contributed by atoms with E-state index in [9.17, 15) is 9.59 Å². The van der Waals surface area contributed by atoms with Gasteiger partial charge < -0.3 is 15.4 Å². The molecule has 2 aromatic carbocycles. The maximum Gasteiger partial charge on any atom is 0.258 e. The van der Waals surface area contributed by atoms with Crippen LogP contribution in [0.15, 0.2) is 48.5 Å². The molecule has 0 saturated carbocycles. The van der Waals surface area contributed by atoms with Crippen LogP contribution in [0.25, 0.3) is 0 Å². The number of nitrogens with one attached hydrogen (secondary N) is 2. The van der Waals surface area contributed by atoms with E-state index in [-0.39, 0.29) is 29.4 Å². The minimum Gasteiger partial charge on any atom is -0.484 e. The van der Waals surface area contributed by atoms with Crippen LogP contribution in [0.1, 0.15) is 57.5 Å². The summed E-state index contributed by atoms with van der Waals surface area (Å²) in [4.78, 5) is 24.2. The number of ether oxygens (including phenoxy) is 1. The molecular weight excluding hydrogens is 352 g/mol. The highest BCUT2D eigenvalue weighted by Gasteiger charge is 2.15. The Kier molecular flexibility index (Phi) is 6.49. The summed E-state index contributed by atoms with van der Waals surface area (Å²) in [6.45, 7) is 12.1. The van der Waals surface area contributed by atoms with Crippen molar-refractivity contribution < 1.29 is 14.3 Å². The van der Waals surface area contributed by atoms with Crippen LogP contribution in [0.2, 0.25) is 0 Å². The largest absolute Gasteiger partial charge is 0.484 e. The zero-order chi connectivity index (χ0) is 20.9. The van der Waals surface area contributed by atoms with E-state index < -0.39 is 0 Å². The average molecular weight is 383 g/mol. The standard InChI is InChI=1S/C23H30N2O3/c1-22(2,3)17-9-7-16(8-10-17)21(27)24-18-11-13-19(14-12-18)28-15-20(26)25-23(4,5)6/h7-14H,15H2,1-6H3,(H,24,27)(H,25,26). The molecule has 5 nitrogen and oxygen atoms in total. The van der Waals surface area contributed by atoms with Gasteiger partial charge in [-0.3, -0.25) is 9.59 Å². The molecule has 0 heterocycles. The summed E-state index contributed by atoms with van der Waals surface area (Å²) in [5.41, 5.74) is 2.21. The first-order chi connectivity index (χ1) is 12.9. The molecule has 2 N–H and O–H groups in total. The number of amides is 2. The lowest BCUT2D eigenvalue weighted by atomic mass is 9.87. The Morgan fingerprint density at radius 3 is 1.93 bits per heavy atom. The van der Waals surface area contributed by atoms with Crippen molar-refractivity contribution in [2.45, 2.75) is 52.5 Å². The molecule has 0 spiro atoms. The molecule has 2 amide bonds. The Balaban J connectivity index is 1.91. The Morgan fingerprint density at radius 1 is 0.857 bits per heavy atom. The van der Waals surface area contributed by atoms with Crippen LogP contribution in [0.4, 0.5) is 5.69 Å². The monoisotopic (exact) mass is 382 g/mol. The van der Waals surface area contributed by atoms with Crippen LogP contribution in [0, 0.1) is 0 Å². The number of benzene rings is 2. The zero-order valence-corrected chi connectivity index (χ0v) is 17.6. The summed E-state index contributed by atoms with van der Waals surface area (Å²) in [6, 6.07) is 14.6. The molecule has 150 valence electrons. The molecule has 0 aliphatic heterocycles. The second-order valence-corrected chi connectivity index (χ2v) is 8.89. The van der Waals surface area contributed by atoms with Gasteiger partial charge in [0.25, 0.3) is 11.8 Å². The molecule has 0 saturated heterocycles. The lowest BCUT2D eigenvalue weighted by Gasteiger charge is -2.20. The minimum absolute atomic E-state index is 0.0502. The molecule has 5 heteroatoms. The van der Waals surface area contributed by atoms with Crippen molar-refractivity contribution in [1.82, 2.24) is 5.32 Å². The Hall–Kier alpha value is -2.82. The molecule has 0 aromatic heterocycles. The molecule has 0 aliphatic rings. The zero-order valence-electron chi connectivity index (χ0n) is 17.6. The molecule has 0 fully saturated rings. The fraction of sp³-hybridized carbons (Fsp3) is 0.391. The van der Waals surface area contributed by atoms with Crippen molar-refractivity contribution in [2.75, 3.05) is 11.9 Å². The molecular formula is C23H30N2O3. The van der Waals surface area contributed by atoms with Crippen molar-refractivity contribution in [3.05, 3.63) is 59.7 Å². The highest BCUT2D eigenvalue weighted by atomic mass is 16.5. The van der Waals surface area contributed by atoms with Gasteiger partial charge in [0.1, 0.15) is 5.75 Å². The van der Waals surface area contributed by atoms with Gasteiger partial charge in [-0.05, 0) is 68.1 Å². The summed E-state index contributed by atoms with van der Waals surface area (Å²) in [5, 5.41) is 5.70. The lowest BCUT2D eigenvalue weighted by Crippen LogP contribution is -2.43. The third kappa shape index (κ3) is 6.72. The highest BCUT2D eigenvalue weighted by Crippen LogP contribution is 2.22. The highest BCUT2D eigenvalue weighted by molar-refractivity contribution is 6.04. The number of carbonyl (C=O) groups is 2. The topological polar surface area (TPSA) is 67.4 Å².